The van der Waals surface area contributed by atoms with Crippen LogP contribution in [0.25, 0.3) is 16.3 Å². The number of aryl methyl sites for hydroxylation is 1. The number of nitrogen functional groups attached to an aromatic ring is 1. The number of nitrogens with zero attached hydrogens (tertiary/aromatic N) is 1. The third-order valence-corrected chi connectivity index (χ3v) is 12.0. The number of allylic oxidation sites excluding steroid dienone is 8. The van der Waals surface area contributed by atoms with Crippen molar-refractivity contribution >= 4 is 35.7 Å². The van der Waals surface area contributed by atoms with Gasteiger partial charge < -0.3 is 5.73 Å². The van der Waals surface area contributed by atoms with Crippen LogP contribution in [0, 0.1) is 12.8 Å². The van der Waals surface area contributed by atoms with Crippen molar-refractivity contribution in [3.05, 3.63) is 107 Å². The lowest BCUT2D eigenvalue weighted by Crippen LogP contribution is -2.24. The first kappa shape index (κ1) is 30.0. The molecular weight excluding hydrogens is 503 g/mol. The molecule has 1 saturated heterocycles. The summed E-state index contributed by atoms with van der Waals surface area (Å²) in [5.41, 5.74) is 17.8. The van der Waals surface area contributed by atoms with E-state index >= 15 is 0 Å². The highest BCUT2D eigenvalue weighted by Crippen LogP contribution is 2.61. The second kappa shape index (κ2) is 13.1. The molecule has 2 aliphatic heterocycles. The van der Waals surface area contributed by atoms with E-state index in [1.165, 1.54) is 64.9 Å². The van der Waals surface area contributed by atoms with Crippen molar-refractivity contribution in [2.45, 2.75) is 78.8 Å². The number of nitrogens with two attached hydrogens (primary N) is 1. The third-order valence-electron chi connectivity index (χ3n) is 8.75. The molecule has 0 bridgehead atoms. The molecule has 0 spiro atoms. The van der Waals surface area contributed by atoms with Crippen molar-refractivity contribution in [1.82, 2.24) is 0 Å². The Labute approximate surface area is 244 Å². The second-order valence-corrected chi connectivity index (χ2v) is 14.8. The second-order valence-electron chi connectivity index (χ2n) is 12.0. The van der Waals surface area contributed by atoms with Crippen LogP contribution in [0.5, 0.6) is 0 Å². The summed E-state index contributed by atoms with van der Waals surface area (Å²) in [6.45, 7) is 23.2. The van der Waals surface area contributed by atoms with Crippen LogP contribution in [-0.2, 0) is 6.42 Å². The maximum atomic E-state index is 6.30. The minimum Gasteiger partial charge on any atom is -0.399 e. The number of hydrogen-bond donors (Lipinski definition) is 1. The Kier molecular flexibility index (Phi) is 9.85. The molecule has 2 N–H and O–H groups in total. The maximum absolute atomic E-state index is 6.30. The first-order valence-electron chi connectivity index (χ1n) is 14.7. The highest BCUT2D eigenvalue weighted by atomic mass is 31.1. The Hall–Kier alpha value is -2.96. The van der Waals surface area contributed by atoms with E-state index in [0.717, 1.165) is 47.0 Å². The lowest BCUT2D eigenvalue weighted by atomic mass is 9.90. The molecule has 3 atom stereocenters. The Balaban J connectivity index is 1.46. The van der Waals surface area contributed by atoms with Crippen LogP contribution in [-0.4, -0.2) is 17.5 Å². The van der Waals surface area contributed by atoms with Crippen molar-refractivity contribution < 1.29 is 0 Å². The molecule has 4 rings (SSSR count). The number of benzene rings is 2. The molecule has 0 radical (unpaired) electrons. The zero-order chi connectivity index (χ0) is 29.0. The summed E-state index contributed by atoms with van der Waals surface area (Å²) in [4.78, 5) is 4.92. The predicted octanol–water partition coefficient (Wildman–Crippen LogP) is 10.7. The molecule has 1 fully saturated rings. The van der Waals surface area contributed by atoms with E-state index in [2.05, 4.69) is 77.9 Å². The van der Waals surface area contributed by atoms with Gasteiger partial charge in [-0.05, 0) is 141 Å². The van der Waals surface area contributed by atoms with E-state index < -0.39 is 0 Å². The number of fused-ring (bicyclic) bond motifs is 2. The van der Waals surface area contributed by atoms with Gasteiger partial charge in [0.05, 0.1) is 0 Å². The number of anilines is 1. The van der Waals surface area contributed by atoms with E-state index in [0.29, 0.717) is 0 Å². The summed E-state index contributed by atoms with van der Waals surface area (Å²) >= 11 is 0. The summed E-state index contributed by atoms with van der Waals surface area (Å²) in [5.74, 6) is 0.770. The van der Waals surface area contributed by atoms with Crippen molar-refractivity contribution in [2.75, 3.05) is 11.9 Å². The van der Waals surface area contributed by atoms with Gasteiger partial charge in [0.25, 0.3) is 0 Å². The highest BCUT2D eigenvalue weighted by Gasteiger charge is 2.34. The summed E-state index contributed by atoms with van der Waals surface area (Å²) in [6.07, 6.45) is 16.9. The van der Waals surface area contributed by atoms with E-state index in [4.69, 9.17) is 10.7 Å². The SMILES string of the molecule is C=CC(Cc1ccc(C)c2c(C(=C)C)cc(N)cc12)=N/C=C(\C)CC1CCP2C(C)=C(/C=C(/C)C=C)CCC2C1. The molecule has 0 amide bonds. The fourth-order valence-corrected chi connectivity index (χ4v) is 9.96. The van der Waals surface area contributed by atoms with Gasteiger partial charge >= 0.3 is 0 Å². The fraction of sp³-hybridized carbons (Fsp3) is 0.378. The van der Waals surface area contributed by atoms with Crippen LogP contribution in [0.2, 0.25) is 0 Å². The van der Waals surface area contributed by atoms with Gasteiger partial charge in [-0.2, -0.15) is 0 Å². The normalized spacial score (nSPS) is 22.3. The molecule has 0 saturated carbocycles. The monoisotopic (exact) mass is 550 g/mol. The van der Waals surface area contributed by atoms with Crippen LogP contribution < -0.4 is 5.73 Å². The lowest BCUT2D eigenvalue weighted by molar-refractivity contribution is 0.430. The Morgan fingerprint density at radius 3 is 2.58 bits per heavy atom. The molecule has 2 heterocycles. The summed E-state index contributed by atoms with van der Waals surface area (Å²) < 4.78 is 0. The van der Waals surface area contributed by atoms with Gasteiger partial charge in [0.2, 0.25) is 0 Å². The van der Waals surface area contributed by atoms with Gasteiger partial charge in [0.1, 0.15) is 0 Å². The van der Waals surface area contributed by atoms with Crippen LogP contribution in [0.4, 0.5) is 5.69 Å². The Bertz CT molecular complexity index is 1450. The van der Waals surface area contributed by atoms with E-state index in [9.17, 15) is 0 Å². The quantitative estimate of drug-likeness (QED) is 0.143. The molecule has 2 aromatic carbocycles. The van der Waals surface area contributed by atoms with Gasteiger partial charge in [-0.25, -0.2) is 0 Å². The third kappa shape index (κ3) is 6.84. The van der Waals surface area contributed by atoms with Gasteiger partial charge in [-0.15, -0.1) is 0 Å². The highest BCUT2D eigenvalue weighted by molar-refractivity contribution is 7.62. The van der Waals surface area contributed by atoms with Gasteiger partial charge in [-0.3, -0.25) is 4.99 Å². The topological polar surface area (TPSA) is 38.4 Å². The lowest BCUT2D eigenvalue weighted by Gasteiger charge is -2.41. The Morgan fingerprint density at radius 2 is 1.88 bits per heavy atom. The number of hydrogen-bond acceptors (Lipinski definition) is 2. The van der Waals surface area contributed by atoms with Crippen molar-refractivity contribution in [1.29, 1.82) is 0 Å². The minimum atomic E-state index is 0.0167. The number of rotatable bonds is 9. The van der Waals surface area contributed by atoms with E-state index in [1.54, 1.807) is 10.9 Å². The predicted molar refractivity (Wildman–Crippen MR) is 182 cm³/mol. The zero-order valence-corrected chi connectivity index (χ0v) is 26.2. The van der Waals surface area contributed by atoms with Crippen LogP contribution in [0.3, 0.4) is 0 Å². The molecule has 3 heteroatoms. The van der Waals surface area contributed by atoms with Gasteiger partial charge in [-0.1, -0.05) is 68.7 Å². The van der Waals surface area contributed by atoms with Crippen LogP contribution >= 0.6 is 7.92 Å². The smallest absolute Gasteiger partial charge is 0.0441 e. The average molecular weight is 551 g/mol. The first-order chi connectivity index (χ1) is 19.1. The zero-order valence-electron chi connectivity index (χ0n) is 25.3. The molecular formula is C37H47N2P. The molecule has 2 aromatic rings. The summed E-state index contributed by atoms with van der Waals surface area (Å²) in [7, 11) is 0.0167. The molecule has 0 aromatic heterocycles. The molecule has 2 nitrogen and oxygen atoms in total. The first-order valence-corrected chi connectivity index (χ1v) is 16.3. The van der Waals surface area contributed by atoms with Gasteiger partial charge in [0.15, 0.2) is 0 Å². The van der Waals surface area contributed by atoms with E-state index in [-0.39, 0.29) is 7.92 Å². The van der Waals surface area contributed by atoms with Crippen molar-refractivity contribution in [3.63, 3.8) is 0 Å². The molecule has 210 valence electrons. The largest absolute Gasteiger partial charge is 0.399 e. The summed E-state index contributed by atoms with van der Waals surface area (Å²) in [6, 6.07) is 8.53. The molecule has 2 aliphatic rings. The Morgan fingerprint density at radius 1 is 1.10 bits per heavy atom. The summed E-state index contributed by atoms with van der Waals surface area (Å²) in [5, 5.41) is 4.11. The van der Waals surface area contributed by atoms with Gasteiger partial charge in [0, 0.05) is 24.0 Å². The van der Waals surface area contributed by atoms with E-state index in [1.807, 2.05) is 25.1 Å². The molecule has 0 aliphatic carbocycles. The fourth-order valence-electron chi connectivity index (χ4n) is 6.53. The van der Waals surface area contributed by atoms with Crippen LogP contribution in [0.15, 0.2) is 95.5 Å². The number of aliphatic imine (C=N–C) groups is 1. The maximum Gasteiger partial charge on any atom is 0.0441 e. The van der Waals surface area contributed by atoms with Crippen molar-refractivity contribution in [3.8, 4) is 0 Å². The van der Waals surface area contributed by atoms with Crippen molar-refractivity contribution in [2.24, 2.45) is 10.9 Å². The average Bonchev–Trinajstić information content (AvgIpc) is 2.93. The standard InChI is InChI=1S/C37H47N2P/c1-9-25(5)18-30-13-14-34-19-29(15-16-40(34)28(30)8)17-26(6)23-39-33(10-2)20-31-12-11-27(7)37-35(24(3)4)21-32(38)22-36(31)37/h9-12,18,21-23,29,34H,1-3,13-17,19-20,38H2,4-8H3/b25-18-,26-23+,39-33?. The van der Waals surface area contributed by atoms with Crippen LogP contribution in [0.1, 0.15) is 76.5 Å². The molecule has 40 heavy (non-hydrogen) atoms. The molecule has 3 unspecified atom stereocenters. The minimum absolute atomic E-state index is 0.0167.